The normalized spacial score (nSPS) is 10.1. The topological polar surface area (TPSA) is 58.6 Å². The van der Waals surface area contributed by atoms with Gasteiger partial charge >= 0.3 is 0 Å². The molecule has 1 amide bonds. The summed E-state index contributed by atoms with van der Waals surface area (Å²) in [5.41, 5.74) is 2.36. The van der Waals surface area contributed by atoms with Crippen LogP contribution in [-0.2, 0) is 6.54 Å². The zero-order chi connectivity index (χ0) is 14.5. The van der Waals surface area contributed by atoms with Crippen molar-refractivity contribution in [2.24, 2.45) is 0 Å². The summed E-state index contributed by atoms with van der Waals surface area (Å²) >= 11 is 0. The third-order valence-electron chi connectivity index (χ3n) is 3.00. The molecule has 4 nitrogen and oxygen atoms in total. The van der Waals surface area contributed by atoms with E-state index in [4.69, 9.17) is 4.74 Å². The molecule has 2 aromatic rings. The first-order valence-corrected chi connectivity index (χ1v) is 6.31. The minimum atomic E-state index is -0.331. The van der Waals surface area contributed by atoms with E-state index in [0.29, 0.717) is 6.54 Å². The highest BCUT2D eigenvalue weighted by Gasteiger charge is 2.14. The lowest BCUT2D eigenvalue weighted by molar-refractivity contribution is 0.0947. The van der Waals surface area contributed by atoms with Gasteiger partial charge in [0.15, 0.2) is 11.5 Å². The molecule has 104 valence electrons. The zero-order valence-corrected chi connectivity index (χ0v) is 11.5. The summed E-state index contributed by atoms with van der Waals surface area (Å²) in [5.74, 6) is -0.187. The Kier molecular flexibility index (Phi) is 4.25. The highest BCUT2D eigenvalue weighted by atomic mass is 16.5. The predicted octanol–water partition coefficient (Wildman–Crippen LogP) is 2.64. The van der Waals surface area contributed by atoms with Crippen LogP contribution in [0.2, 0.25) is 0 Å². The Balaban J connectivity index is 2.09. The van der Waals surface area contributed by atoms with Crippen molar-refractivity contribution >= 4 is 5.91 Å². The molecule has 0 aliphatic heterocycles. The summed E-state index contributed by atoms with van der Waals surface area (Å²) in [4.78, 5) is 12.1. The zero-order valence-electron chi connectivity index (χ0n) is 11.5. The molecule has 0 unspecified atom stereocenters. The van der Waals surface area contributed by atoms with E-state index in [2.05, 4.69) is 5.32 Å². The number of nitrogens with one attached hydrogen (secondary N) is 1. The second-order valence-corrected chi connectivity index (χ2v) is 4.53. The minimum absolute atomic E-state index is 0.142. The van der Waals surface area contributed by atoms with Gasteiger partial charge in [-0.1, -0.05) is 35.9 Å². The van der Waals surface area contributed by atoms with Crippen LogP contribution < -0.4 is 10.1 Å². The van der Waals surface area contributed by atoms with Crippen molar-refractivity contribution < 1.29 is 14.6 Å². The van der Waals surface area contributed by atoms with Crippen LogP contribution in [0.25, 0.3) is 0 Å². The number of amides is 1. The van der Waals surface area contributed by atoms with Crippen LogP contribution in [0.5, 0.6) is 11.5 Å². The maximum atomic E-state index is 12.1. The van der Waals surface area contributed by atoms with E-state index in [1.807, 2.05) is 31.2 Å². The van der Waals surface area contributed by atoms with Gasteiger partial charge in [-0.3, -0.25) is 4.79 Å². The first kappa shape index (κ1) is 13.9. The van der Waals surface area contributed by atoms with Crippen molar-refractivity contribution in [1.29, 1.82) is 0 Å². The molecule has 0 spiro atoms. The molecule has 0 bridgehead atoms. The summed E-state index contributed by atoms with van der Waals surface area (Å²) in [6, 6.07) is 12.7. The van der Waals surface area contributed by atoms with Gasteiger partial charge in [0.1, 0.15) is 0 Å². The predicted molar refractivity (Wildman–Crippen MR) is 77.0 cm³/mol. The quantitative estimate of drug-likeness (QED) is 0.898. The number of hydrogen-bond acceptors (Lipinski definition) is 3. The Morgan fingerprint density at radius 2 is 2.00 bits per heavy atom. The van der Waals surface area contributed by atoms with Crippen molar-refractivity contribution in [3.8, 4) is 11.5 Å². The van der Waals surface area contributed by atoms with Crippen molar-refractivity contribution in [3.63, 3.8) is 0 Å². The number of ether oxygens (including phenoxy) is 1. The Bertz CT molecular complexity index is 623. The molecule has 0 saturated heterocycles. The Morgan fingerprint density at radius 1 is 1.25 bits per heavy atom. The molecule has 20 heavy (non-hydrogen) atoms. The van der Waals surface area contributed by atoms with E-state index in [0.717, 1.165) is 11.1 Å². The van der Waals surface area contributed by atoms with Crippen molar-refractivity contribution in [1.82, 2.24) is 5.32 Å². The second-order valence-electron chi connectivity index (χ2n) is 4.53. The molecular weight excluding hydrogens is 254 g/mol. The fourth-order valence-corrected chi connectivity index (χ4v) is 1.97. The molecule has 0 aliphatic carbocycles. The third kappa shape index (κ3) is 3.09. The third-order valence-corrected chi connectivity index (χ3v) is 3.00. The van der Waals surface area contributed by atoms with Gasteiger partial charge in [-0.2, -0.15) is 0 Å². The van der Waals surface area contributed by atoms with Crippen LogP contribution in [-0.4, -0.2) is 18.1 Å². The molecule has 0 heterocycles. The van der Waals surface area contributed by atoms with Crippen LogP contribution in [0, 0.1) is 6.92 Å². The molecule has 2 N–H and O–H groups in total. The molecule has 2 rings (SSSR count). The minimum Gasteiger partial charge on any atom is -0.504 e. The fraction of sp³-hybridized carbons (Fsp3) is 0.188. The van der Waals surface area contributed by atoms with Crippen LogP contribution in [0.15, 0.2) is 42.5 Å². The number of phenolic OH excluding ortho intramolecular Hbond substituents is 1. The van der Waals surface area contributed by atoms with Crippen LogP contribution in [0.1, 0.15) is 21.5 Å². The number of rotatable bonds is 4. The van der Waals surface area contributed by atoms with Crippen molar-refractivity contribution in [3.05, 3.63) is 59.2 Å². The van der Waals surface area contributed by atoms with Gasteiger partial charge in [-0.15, -0.1) is 0 Å². The standard InChI is InChI=1S/C16H17NO3/c1-11-5-3-6-12(9-11)10-17-16(19)13-7-4-8-14(20-2)15(13)18/h3-9,18H,10H2,1-2H3,(H,17,19). The number of aromatic hydroxyl groups is 1. The first-order valence-electron chi connectivity index (χ1n) is 6.31. The average Bonchev–Trinajstić information content (AvgIpc) is 2.45. The second kappa shape index (κ2) is 6.10. The summed E-state index contributed by atoms with van der Waals surface area (Å²) in [6.07, 6.45) is 0. The highest BCUT2D eigenvalue weighted by Crippen LogP contribution is 2.29. The molecular formula is C16H17NO3. The lowest BCUT2D eigenvalue weighted by atomic mass is 10.1. The first-order chi connectivity index (χ1) is 9.61. The molecule has 2 aromatic carbocycles. The Labute approximate surface area is 118 Å². The number of hydrogen-bond donors (Lipinski definition) is 2. The molecule has 0 aromatic heterocycles. The molecule has 0 aliphatic rings. The van der Waals surface area contributed by atoms with Gasteiger partial charge in [0.2, 0.25) is 0 Å². The van der Waals surface area contributed by atoms with Gasteiger partial charge in [-0.05, 0) is 24.6 Å². The monoisotopic (exact) mass is 271 g/mol. The van der Waals surface area contributed by atoms with Gasteiger partial charge in [0.05, 0.1) is 12.7 Å². The lowest BCUT2D eigenvalue weighted by Crippen LogP contribution is -2.22. The molecule has 4 heteroatoms. The number of carbonyl (C=O) groups is 1. The number of para-hydroxylation sites is 1. The fourth-order valence-electron chi connectivity index (χ4n) is 1.97. The van der Waals surface area contributed by atoms with E-state index in [9.17, 15) is 9.90 Å². The van der Waals surface area contributed by atoms with Crippen LogP contribution in [0.4, 0.5) is 0 Å². The molecule has 0 atom stereocenters. The SMILES string of the molecule is COc1cccc(C(=O)NCc2cccc(C)c2)c1O. The van der Waals surface area contributed by atoms with E-state index < -0.39 is 0 Å². The van der Waals surface area contributed by atoms with Crippen molar-refractivity contribution in [2.75, 3.05) is 7.11 Å². The Morgan fingerprint density at radius 3 is 2.70 bits per heavy atom. The molecule has 0 fully saturated rings. The highest BCUT2D eigenvalue weighted by molar-refractivity contribution is 5.97. The van der Waals surface area contributed by atoms with E-state index in [1.165, 1.54) is 7.11 Å². The van der Waals surface area contributed by atoms with Crippen LogP contribution >= 0.6 is 0 Å². The van der Waals surface area contributed by atoms with Gasteiger partial charge in [-0.25, -0.2) is 0 Å². The van der Waals surface area contributed by atoms with E-state index in [-0.39, 0.29) is 23.0 Å². The van der Waals surface area contributed by atoms with Gasteiger partial charge in [0, 0.05) is 6.54 Å². The van der Waals surface area contributed by atoms with Crippen LogP contribution in [0.3, 0.4) is 0 Å². The van der Waals surface area contributed by atoms with E-state index in [1.54, 1.807) is 18.2 Å². The molecule has 0 saturated carbocycles. The van der Waals surface area contributed by atoms with Gasteiger partial charge in [0.25, 0.3) is 5.91 Å². The lowest BCUT2D eigenvalue weighted by Gasteiger charge is -2.09. The maximum absolute atomic E-state index is 12.1. The summed E-state index contributed by atoms with van der Waals surface area (Å²) < 4.78 is 4.98. The van der Waals surface area contributed by atoms with E-state index >= 15 is 0 Å². The average molecular weight is 271 g/mol. The smallest absolute Gasteiger partial charge is 0.255 e. The summed E-state index contributed by atoms with van der Waals surface area (Å²) in [5, 5.41) is 12.7. The number of benzene rings is 2. The molecule has 0 radical (unpaired) electrons. The largest absolute Gasteiger partial charge is 0.504 e. The summed E-state index contributed by atoms with van der Waals surface area (Å²) in [7, 11) is 1.45. The van der Waals surface area contributed by atoms with Crippen molar-refractivity contribution in [2.45, 2.75) is 13.5 Å². The number of carbonyl (C=O) groups excluding carboxylic acids is 1. The number of methoxy groups -OCH3 is 1. The summed E-state index contributed by atoms with van der Waals surface area (Å²) in [6.45, 7) is 2.41. The number of phenols is 1. The van der Waals surface area contributed by atoms with Gasteiger partial charge < -0.3 is 15.2 Å². The Hall–Kier alpha value is -2.49. The maximum Gasteiger partial charge on any atom is 0.255 e. The number of aryl methyl sites for hydroxylation is 1.